The topological polar surface area (TPSA) is 66.7 Å². The first kappa shape index (κ1) is 18.6. The number of hydrogen-bond donors (Lipinski definition) is 1. The van der Waals surface area contributed by atoms with E-state index in [-0.39, 0.29) is 23.3 Å². The van der Waals surface area contributed by atoms with Crippen molar-refractivity contribution in [1.82, 2.24) is 14.7 Å². The van der Waals surface area contributed by atoms with E-state index in [1.165, 1.54) is 4.90 Å². The lowest BCUT2D eigenvalue weighted by Gasteiger charge is -2.16. The smallest absolute Gasteiger partial charge is 0.294 e. The Morgan fingerprint density at radius 1 is 1.07 bits per heavy atom. The standard InChI is InChI=1S/C21H24N4O2/c1-3-4-9-14-22-20(26)18-17-13-8-10-15-25(17)19(23-18)21(27)24(2)16-11-6-5-7-12-16/h5-8,10-13,15H,3-4,9,14H2,1-2H3,(H,22,26). The molecule has 0 fully saturated rings. The van der Waals surface area contributed by atoms with E-state index in [2.05, 4.69) is 17.2 Å². The first-order valence-electron chi connectivity index (χ1n) is 9.22. The molecule has 0 saturated heterocycles. The molecule has 0 saturated carbocycles. The molecule has 0 aliphatic heterocycles. The third kappa shape index (κ3) is 4.00. The van der Waals surface area contributed by atoms with Crippen LogP contribution in [0.5, 0.6) is 0 Å². The number of anilines is 1. The molecule has 2 heterocycles. The molecule has 2 amide bonds. The molecule has 6 heteroatoms. The number of nitrogens with zero attached hydrogens (tertiary/aromatic N) is 3. The van der Waals surface area contributed by atoms with Gasteiger partial charge in [0, 0.05) is 25.5 Å². The SMILES string of the molecule is CCCCCNC(=O)c1nc(C(=O)N(C)c2ccccc2)n2ccccc12. The molecule has 0 bridgehead atoms. The van der Waals surface area contributed by atoms with Gasteiger partial charge in [-0.15, -0.1) is 0 Å². The number of nitrogens with one attached hydrogen (secondary N) is 1. The summed E-state index contributed by atoms with van der Waals surface area (Å²) >= 11 is 0. The maximum Gasteiger partial charge on any atom is 0.294 e. The highest BCUT2D eigenvalue weighted by Gasteiger charge is 2.24. The molecule has 0 spiro atoms. The Balaban J connectivity index is 1.90. The van der Waals surface area contributed by atoms with E-state index in [9.17, 15) is 9.59 Å². The molecule has 3 aromatic rings. The van der Waals surface area contributed by atoms with Gasteiger partial charge in [-0.05, 0) is 30.7 Å². The molecular weight excluding hydrogens is 340 g/mol. The molecule has 2 aromatic heterocycles. The fourth-order valence-electron chi connectivity index (χ4n) is 2.94. The van der Waals surface area contributed by atoms with Crippen LogP contribution in [-0.2, 0) is 0 Å². The van der Waals surface area contributed by atoms with Crippen molar-refractivity contribution in [1.29, 1.82) is 0 Å². The van der Waals surface area contributed by atoms with E-state index in [1.54, 1.807) is 23.7 Å². The van der Waals surface area contributed by atoms with Gasteiger partial charge in [-0.25, -0.2) is 4.98 Å². The van der Waals surface area contributed by atoms with Crippen LogP contribution in [0, 0.1) is 0 Å². The van der Waals surface area contributed by atoms with E-state index in [0.29, 0.717) is 12.1 Å². The van der Waals surface area contributed by atoms with Gasteiger partial charge in [-0.3, -0.25) is 14.0 Å². The number of para-hydroxylation sites is 1. The van der Waals surface area contributed by atoms with Crippen molar-refractivity contribution in [3.8, 4) is 0 Å². The average Bonchev–Trinajstić information content (AvgIpc) is 3.10. The summed E-state index contributed by atoms with van der Waals surface area (Å²) in [6.07, 6.45) is 4.84. The van der Waals surface area contributed by atoms with Gasteiger partial charge in [-0.1, -0.05) is 44.0 Å². The molecular formula is C21H24N4O2. The number of carbonyl (C=O) groups is 2. The number of carbonyl (C=O) groups excluding carboxylic acids is 2. The van der Waals surface area contributed by atoms with Crippen molar-refractivity contribution in [3.63, 3.8) is 0 Å². The van der Waals surface area contributed by atoms with Crippen LogP contribution in [0.15, 0.2) is 54.7 Å². The third-order valence-electron chi connectivity index (χ3n) is 4.47. The van der Waals surface area contributed by atoms with Gasteiger partial charge >= 0.3 is 0 Å². The van der Waals surface area contributed by atoms with E-state index in [4.69, 9.17) is 0 Å². The minimum absolute atomic E-state index is 0.218. The van der Waals surface area contributed by atoms with E-state index >= 15 is 0 Å². The molecule has 0 aliphatic carbocycles. The maximum absolute atomic E-state index is 13.0. The van der Waals surface area contributed by atoms with Gasteiger partial charge < -0.3 is 10.2 Å². The van der Waals surface area contributed by atoms with Crippen molar-refractivity contribution < 1.29 is 9.59 Å². The molecule has 1 N–H and O–H groups in total. The maximum atomic E-state index is 13.0. The van der Waals surface area contributed by atoms with Crippen LogP contribution in [-0.4, -0.2) is 34.8 Å². The molecule has 0 unspecified atom stereocenters. The van der Waals surface area contributed by atoms with Crippen LogP contribution in [0.25, 0.3) is 5.52 Å². The molecule has 0 atom stereocenters. The Morgan fingerprint density at radius 3 is 2.56 bits per heavy atom. The van der Waals surface area contributed by atoms with Crippen molar-refractivity contribution in [2.24, 2.45) is 0 Å². The molecule has 1 aromatic carbocycles. The summed E-state index contributed by atoms with van der Waals surface area (Å²) in [5, 5.41) is 2.90. The molecule has 27 heavy (non-hydrogen) atoms. The van der Waals surface area contributed by atoms with Gasteiger partial charge in [0.1, 0.15) is 0 Å². The van der Waals surface area contributed by atoms with Crippen molar-refractivity contribution in [2.45, 2.75) is 26.2 Å². The molecule has 0 aliphatic rings. The summed E-state index contributed by atoms with van der Waals surface area (Å²) in [7, 11) is 1.70. The predicted octanol–water partition coefficient (Wildman–Crippen LogP) is 3.53. The van der Waals surface area contributed by atoms with Gasteiger partial charge in [0.2, 0.25) is 5.82 Å². The summed E-state index contributed by atoms with van der Waals surface area (Å²) in [5.41, 5.74) is 1.66. The molecule has 0 radical (unpaired) electrons. The zero-order chi connectivity index (χ0) is 19.2. The fraction of sp³-hybridized carbons (Fsp3) is 0.286. The minimum atomic E-state index is -0.271. The van der Waals surface area contributed by atoms with Crippen LogP contribution in [0.4, 0.5) is 5.69 Å². The van der Waals surface area contributed by atoms with Crippen LogP contribution in [0.2, 0.25) is 0 Å². The van der Waals surface area contributed by atoms with Gasteiger partial charge in [0.25, 0.3) is 11.8 Å². The Hall–Kier alpha value is -3.15. The van der Waals surface area contributed by atoms with Crippen LogP contribution < -0.4 is 10.2 Å². The fourth-order valence-corrected chi connectivity index (χ4v) is 2.94. The number of unbranched alkanes of at least 4 members (excludes halogenated alkanes) is 2. The number of rotatable bonds is 7. The highest BCUT2D eigenvalue weighted by Crippen LogP contribution is 2.18. The Bertz CT molecular complexity index is 934. The lowest BCUT2D eigenvalue weighted by Crippen LogP contribution is -2.28. The lowest BCUT2D eigenvalue weighted by molar-refractivity contribution is 0.0950. The second kappa shape index (κ2) is 8.49. The van der Waals surface area contributed by atoms with E-state index in [1.807, 2.05) is 42.5 Å². The van der Waals surface area contributed by atoms with Gasteiger partial charge in [0.15, 0.2) is 5.69 Å². The number of hydrogen-bond acceptors (Lipinski definition) is 3. The van der Waals surface area contributed by atoms with Crippen LogP contribution >= 0.6 is 0 Å². The first-order valence-corrected chi connectivity index (χ1v) is 9.22. The molecule has 140 valence electrons. The second-order valence-electron chi connectivity index (χ2n) is 6.40. The predicted molar refractivity (Wildman–Crippen MR) is 106 cm³/mol. The zero-order valence-electron chi connectivity index (χ0n) is 15.7. The van der Waals surface area contributed by atoms with Crippen molar-refractivity contribution >= 4 is 23.0 Å². The average molecular weight is 364 g/mol. The summed E-state index contributed by atoms with van der Waals surface area (Å²) in [6.45, 7) is 2.72. The second-order valence-corrected chi connectivity index (χ2v) is 6.40. The summed E-state index contributed by atoms with van der Waals surface area (Å²) in [5.74, 6) is -0.306. The van der Waals surface area contributed by atoms with Gasteiger partial charge in [0.05, 0.1) is 5.52 Å². The van der Waals surface area contributed by atoms with Crippen molar-refractivity contribution in [3.05, 3.63) is 66.2 Å². The number of amides is 2. The number of aromatic nitrogens is 2. The Kier molecular flexibility index (Phi) is 5.86. The minimum Gasteiger partial charge on any atom is -0.351 e. The zero-order valence-corrected chi connectivity index (χ0v) is 15.7. The van der Waals surface area contributed by atoms with Crippen LogP contribution in [0.3, 0.4) is 0 Å². The molecule has 3 rings (SSSR count). The Labute approximate surface area is 158 Å². The normalized spacial score (nSPS) is 10.7. The number of imidazole rings is 1. The summed E-state index contributed by atoms with van der Waals surface area (Å²) < 4.78 is 1.67. The van der Waals surface area contributed by atoms with Crippen LogP contribution in [0.1, 0.15) is 47.3 Å². The summed E-state index contributed by atoms with van der Waals surface area (Å²) in [4.78, 5) is 31.5. The third-order valence-corrected chi connectivity index (χ3v) is 4.47. The first-order chi connectivity index (χ1) is 13.1. The van der Waals surface area contributed by atoms with Crippen molar-refractivity contribution in [2.75, 3.05) is 18.5 Å². The number of pyridine rings is 1. The molecule has 6 nitrogen and oxygen atoms in total. The van der Waals surface area contributed by atoms with E-state index < -0.39 is 0 Å². The quantitative estimate of drug-likeness (QED) is 0.652. The number of fused-ring (bicyclic) bond motifs is 1. The van der Waals surface area contributed by atoms with Gasteiger partial charge in [-0.2, -0.15) is 0 Å². The highest BCUT2D eigenvalue weighted by molar-refractivity contribution is 6.07. The summed E-state index contributed by atoms with van der Waals surface area (Å²) in [6, 6.07) is 14.8. The highest BCUT2D eigenvalue weighted by atomic mass is 16.2. The number of benzene rings is 1. The lowest BCUT2D eigenvalue weighted by atomic mass is 10.2. The van der Waals surface area contributed by atoms with E-state index in [0.717, 1.165) is 24.9 Å². The largest absolute Gasteiger partial charge is 0.351 e. The Morgan fingerprint density at radius 2 is 1.81 bits per heavy atom. The monoisotopic (exact) mass is 364 g/mol.